The SMILES string of the molecule is O=C(O)C1=CN(Cc2ccc3c(c2)Nc2nccnc2S3)CCC1. The van der Waals surface area contributed by atoms with E-state index in [0.717, 1.165) is 40.0 Å². The normalized spacial score (nSPS) is 15.8. The highest BCUT2D eigenvalue weighted by Crippen LogP contribution is 2.42. The lowest BCUT2D eigenvalue weighted by Crippen LogP contribution is -2.24. The van der Waals surface area contributed by atoms with Crippen molar-refractivity contribution < 1.29 is 9.90 Å². The van der Waals surface area contributed by atoms with Gasteiger partial charge in [0.05, 0.1) is 11.3 Å². The number of hydrogen-bond donors (Lipinski definition) is 2. The fourth-order valence-corrected chi connectivity index (χ4v) is 3.80. The van der Waals surface area contributed by atoms with Crippen LogP contribution in [0.2, 0.25) is 0 Å². The number of carbonyl (C=O) groups is 1. The number of carboxylic acids is 1. The number of rotatable bonds is 3. The monoisotopic (exact) mass is 340 g/mol. The summed E-state index contributed by atoms with van der Waals surface area (Å²) < 4.78 is 0. The first-order chi connectivity index (χ1) is 11.7. The molecule has 6 nitrogen and oxygen atoms in total. The molecule has 0 fully saturated rings. The molecule has 2 aromatic rings. The molecule has 2 aliphatic heterocycles. The minimum absolute atomic E-state index is 0.483. The van der Waals surface area contributed by atoms with E-state index in [2.05, 4.69) is 38.4 Å². The Labute approximate surface area is 143 Å². The van der Waals surface area contributed by atoms with Crippen LogP contribution in [0.25, 0.3) is 0 Å². The van der Waals surface area contributed by atoms with Crippen LogP contribution < -0.4 is 5.32 Å². The average molecular weight is 340 g/mol. The van der Waals surface area contributed by atoms with Crippen molar-refractivity contribution >= 4 is 29.2 Å². The summed E-state index contributed by atoms with van der Waals surface area (Å²) in [5.74, 6) is -0.0448. The molecule has 0 bridgehead atoms. The zero-order valence-electron chi connectivity index (χ0n) is 12.9. The number of aliphatic carboxylic acids is 1. The van der Waals surface area contributed by atoms with Gasteiger partial charge in [0.1, 0.15) is 5.03 Å². The predicted octanol–water partition coefficient (Wildman–Crippen LogP) is 3.25. The van der Waals surface area contributed by atoms with E-state index in [4.69, 9.17) is 5.11 Å². The lowest BCUT2D eigenvalue weighted by atomic mass is 10.1. The molecule has 0 saturated carbocycles. The van der Waals surface area contributed by atoms with Gasteiger partial charge < -0.3 is 15.3 Å². The molecular weight excluding hydrogens is 324 g/mol. The van der Waals surface area contributed by atoms with Crippen molar-refractivity contribution in [1.29, 1.82) is 0 Å². The van der Waals surface area contributed by atoms with Crippen LogP contribution in [0.1, 0.15) is 18.4 Å². The number of nitrogens with zero attached hydrogens (tertiary/aromatic N) is 3. The third kappa shape index (κ3) is 2.94. The van der Waals surface area contributed by atoms with Gasteiger partial charge in [0.15, 0.2) is 5.82 Å². The first-order valence-electron chi connectivity index (χ1n) is 7.76. The van der Waals surface area contributed by atoms with E-state index < -0.39 is 5.97 Å². The second-order valence-electron chi connectivity index (χ2n) is 5.80. The Balaban J connectivity index is 1.55. The molecule has 2 N–H and O–H groups in total. The second-order valence-corrected chi connectivity index (χ2v) is 6.83. The molecule has 1 aromatic carbocycles. The quantitative estimate of drug-likeness (QED) is 0.757. The Hall–Kier alpha value is -2.54. The van der Waals surface area contributed by atoms with Crippen LogP contribution in [-0.2, 0) is 11.3 Å². The lowest BCUT2D eigenvalue weighted by Gasteiger charge is -2.26. The molecule has 0 aliphatic carbocycles. The number of benzene rings is 1. The summed E-state index contributed by atoms with van der Waals surface area (Å²) >= 11 is 1.60. The molecule has 0 saturated heterocycles. The Morgan fingerprint density at radius 1 is 1.33 bits per heavy atom. The summed E-state index contributed by atoms with van der Waals surface area (Å²) in [7, 11) is 0. The number of hydrogen-bond acceptors (Lipinski definition) is 6. The smallest absolute Gasteiger partial charge is 0.333 e. The molecule has 24 heavy (non-hydrogen) atoms. The minimum atomic E-state index is -0.821. The molecule has 7 heteroatoms. The molecule has 0 amide bonds. The van der Waals surface area contributed by atoms with Crippen molar-refractivity contribution in [3.63, 3.8) is 0 Å². The Morgan fingerprint density at radius 3 is 3.08 bits per heavy atom. The Morgan fingerprint density at radius 2 is 2.21 bits per heavy atom. The zero-order chi connectivity index (χ0) is 16.5. The summed E-state index contributed by atoms with van der Waals surface area (Å²) in [6.45, 7) is 1.58. The predicted molar refractivity (Wildman–Crippen MR) is 91.2 cm³/mol. The summed E-state index contributed by atoms with van der Waals surface area (Å²) in [5.41, 5.74) is 2.64. The lowest BCUT2D eigenvalue weighted by molar-refractivity contribution is -0.133. The highest BCUT2D eigenvalue weighted by atomic mass is 32.2. The maximum absolute atomic E-state index is 11.1. The molecule has 4 rings (SSSR count). The Bertz CT molecular complexity index is 837. The van der Waals surface area contributed by atoms with E-state index in [1.807, 2.05) is 0 Å². The van der Waals surface area contributed by atoms with Crippen LogP contribution in [0, 0.1) is 0 Å². The minimum Gasteiger partial charge on any atom is -0.478 e. The molecule has 0 unspecified atom stereocenters. The number of nitrogens with one attached hydrogen (secondary N) is 1. The van der Waals surface area contributed by atoms with Crippen LogP contribution in [0.4, 0.5) is 11.5 Å². The molecule has 0 spiro atoms. The van der Waals surface area contributed by atoms with E-state index in [1.54, 1.807) is 30.4 Å². The van der Waals surface area contributed by atoms with E-state index >= 15 is 0 Å². The van der Waals surface area contributed by atoms with Gasteiger partial charge in [-0.1, -0.05) is 17.8 Å². The standard InChI is InChI=1S/C17H16N4O2S/c22-17(23)12-2-1-7-21(10-12)9-11-3-4-14-13(8-11)20-15-16(24-14)19-6-5-18-15/h3-6,8,10H,1-2,7,9H2,(H,18,20)(H,22,23). The van der Waals surface area contributed by atoms with Crippen LogP contribution in [0.5, 0.6) is 0 Å². The van der Waals surface area contributed by atoms with E-state index in [9.17, 15) is 4.79 Å². The fourth-order valence-electron chi connectivity index (χ4n) is 2.92. The van der Waals surface area contributed by atoms with Crippen molar-refractivity contribution in [2.45, 2.75) is 29.3 Å². The topological polar surface area (TPSA) is 78.4 Å². The summed E-state index contributed by atoms with van der Waals surface area (Å²) in [4.78, 5) is 23.0. The molecule has 1 aromatic heterocycles. The molecule has 0 atom stereocenters. The first kappa shape index (κ1) is 15.0. The molecule has 122 valence electrons. The van der Waals surface area contributed by atoms with Crippen LogP contribution in [-0.4, -0.2) is 32.5 Å². The molecule has 2 aliphatic rings. The Kier molecular flexibility index (Phi) is 3.86. The van der Waals surface area contributed by atoms with E-state index in [0.29, 0.717) is 18.5 Å². The number of carboxylic acid groups (broad SMARTS) is 1. The van der Waals surface area contributed by atoms with Gasteiger partial charge in [-0.3, -0.25) is 0 Å². The van der Waals surface area contributed by atoms with Crippen molar-refractivity contribution in [2.24, 2.45) is 0 Å². The van der Waals surface area contributed by atoms with Crippen molar-refractivity contribution in [1.82, 2.24) is 14.9 Å². The number of anilines is 2. The molecule has 0 radical (unpaired) electrons. The van der Waals surface area contributed by atoms with Gasteiger partial charge in [-0.25, -0.2) is 14.8 Å². The van der Waals surface area contributed by atoms with Gasteiger partial charge >= 0.3 is 5.97 Å². The van der Waals surface area contributed by atoms with Gasteiger partial charge in [0, 0.05) is 36.6 Å². The fraction of sp³-hybridized carbons (Fsp3) is 0.235. The first-order valence-corrected chi connectivity index (χ1v) is 8.57. The average Bonchev–Trinajstić information content (AvgIpc) is 2.60. The molecule has 3 heterocycles. The van der Waals surface area contributed by atoms with Gasteiger partial charge in [-0.15, -0.1) is 0 Å². The maximum atomic E-state index is 11.1. The molecular formula is C17H16N4O2S. The summed E-state index contributed by atoms with van der Waals surface area (Å²) in [6.07, 6.45) is 6.65. The largest absolute Gasteiger partial charge is 0.478 e. The van der Waals surface area contributed by atoms with Crippen molar-refractivity contribution in [3.8, 4) is 0 Å². The maximum Gasteiger partial charge on any atom is 0.333 e. The van der Waals surface area contributed by atoms with Crippen molar-refractivity contribution in [2.75, 3.05) is 11.9 Å². The van der Waals surface area contributed by atoms with Crippen LogP contribution in [0.3, 0.4) is 0 Å². The van der Waals surface area contributed by atoms with Crippen molar-refractivity contribution in [3.05, 3.63) is 47.9 Å². The zero-order valence-corrected chi connectivity index (χ0v) is 13.7. The van der Waals surface area contributed by atoms with Gasteiger partial charge in [0.25, 0.3) is 0 Å². The summed E-state index contributed by atoms with van der Waals surface area (Å²) in [6, 6.07) is 6.26. The van der Waals surface area contributed by atoms with Crippen LogP contribution in [0.15, 0.2) is 52.3 Å². The third-order valence-corrected chi connectivity index (χ3v) is 5.13. The highest BCUT2D eigenvalue weighted by molar-refractivity contribution is 7.99. The van der Waals surface area contributed by atoms with E-state index in [-0.39, 0.29) is 0 Å². The van der Waals surface area contributed by atoms with E-state index in [1.165, 1.54) is 0 Å². The van der Waals surface area contributed by atoms with Gasteiger partial charge in [-0.2, -0.15) is 0 Å². The van der Waals surface area contributed by atoms with Crippen LogP contribution >= 0.6 is 11.8 Å². The highest BCUT2D eigenvalue weighted by Gasteiger charge is 2.19. The third-order valence-electron chi connectivity index (χ3n) is 4.06. The van der Waals surface area contributed by atoms with Gasteiger partial charge in [-0.05, 0) is 30.5 Å². The number of aromatic nitrogens is 2. The second kappa shape index (κ2) is 6.16. The summed E-state index contributed by atoms with van der Waals surface area (Å²) in [5, 5.41) is 13.4. The van der Waals surface area contributed by atoms with Gasteiger partial charge in [0.2, 0.25) is 0 Å². The number of fused-ring (bicyclic) bond motifs is 2.